The third-order valence-corrected chi connectivity index (χ3v) is 6.35. The van der Waals surface area contributed by atoms with Gasteiger partial charge in [0.2, 0.25) is 5.52 Å². The van der Waals surface area contributed by atoms with Gasteiger partial charge in [-0.05, 0) is 71.5 Å². The molecule has 170 valence electrons. The van der Waals surface area contributed by atoms with E-state index in [1.165, 1.54) is 0 Å². The van der Waals surface area contributed by atoms with Crippen LogP contribution in [0.1, 0.15) is 25.5 Å². The van der Waals surface area contributed by atoms with E-state index in [0.29, 0.717) is 34.4 Å². The molecule has 0 unspecified atom stereocenters. The second-order valence-corrected chi connectivity index (χ2v) is 8.73. The number of benzene rings is 2. The van der Waals surface area contributed by atoms with E-state index in [-0.39, 0.29) is 11.2 Å². The first-order valence-corrected chi connectivity index (χ1v) is 11.1. The number of hydrogen-bond acceptors (Lipinski definition) is 8. The van der Waals surface area contributed by atoms with Gasteiger partial charge >= 0.3 is 5.69 Å². The Hall–Kier alpha value is -3.59. The summed E-state index contributed by atoms with van der Waals surface area (Å²) < 4.78 is 10.6. The van der Waals surface area contributed by atoms with Crippen LogP contribution < -0.4 is 9.80 Å². The topological polar surface area (TPSA) is 102 Å². The number of anilines is 3. The molecule has 3 heterocycles. The smallest absolute Gasteiger partial charge is 0.323 e. The lowest BCUT2D eigenvalue weighted by molar-refractivity contribution is -0.382. The first-order valence-electron chi connectivity index (χ1n) is 10.8. The number of rotatable bonds is 6. The van der Waals surface area contributed by atoms with Gasteiger partial charge in [-0.3, -0.25) is 10.1 Å². The number of halogens is 1. The summed E-state index contributed by atoms with van der Waals surface area (Å²) in [5, 5.41) is 20.7. The number of hydrogen-bond donors (Lipinski definition) is 0. The van der Waals surface area contributed by atoms with Crippen molar-refractivity contribution in [2.45, 2.75) is 26.3 Å². The number of nitro groups is 1. The minimum atomic E-state index is -0.400. The largest absolute Gasteiger partial charge is 0.467 e. The molecule has 5 rings (SSSR count). The van der Waals surface area contributed by atoms with Gasteiger partial charge in [-0.15, -0.1) is 0 Å². The summed E-state index contributed by atoms with van der Waals surface area (Å²) in [4.78, 5) is 15.7. The number of aromatic nitrogens is 2. The van der Waals surface area contributed by atoms with Gasteiger partial charge in [-0.1, -0.05) is 18.5 Å². The fourth-order valence-corrected chi connectivity index (χ4v) is 4.40. The molecule has 1 aliphatic rings. The Labute approximate surface area is 194 Å². The van der Waals surface area contributed by atoms with Crippen molar-refractivity contribution in [3.05, 3.63) is 69.6 Å². The van der Waals surface area contributed by atoms with Crippen LogP contribution in [0.5, 0.6) is 0 Å². The van der Waals surface area contributed by atoms with E-state index in [1.807, 2.05) is 35.2 Å². The highest BCUT2D eigenvalue weighted by Gasteiger charge is 2.32. The molecule has 10 heteroatoms. The van der Waals surface area contributed by atoms with E-state index >= 15 is 0 Å². The van der Waals surface area contributed by atoms with Crippen molar-refractivity contribution in [3.8, 4) is 0 Å². The molecule has 0 bridgehead atoms. The number of furan rings is 1. The SMILES string of the molecule is CC1CCN(c2cc(N(Cc3ccco3)c3ccc(Cl)cc3)c3nonc3c2[N+](=O)[O-])CC1. The maximum Gasteiger partial charge on any atom is 0.323 e. The molecule has 0 saturated carbocycles. The predicted octanol–water partition coefficient (Wildman–Crippen LogP) is 5.95. The van der Waals surface area contributed by atoms with E-state index in [4.69, 9.17) is 20.6 Å². The summed E-state index contributed by atoms with van der Waals surface area (Å²) >= 11 is 6.12. The van der Waals surface area contributed by atoms with Crippen LogP contribution in [0.25, 0.3) is 11.0 Å². The van der Waals surface area contributed by atoms with Gasteiger partial charge in [0.05, 0.1) is 23.4 Å². The van der Waals surface area contributed by atoms with E-state index in [9.17, 15) is 10.1 Å². The molecule has 0 amide bonds. The molecular formula is C23H22ClN5O4. The van der Waals surface area contributed by atoms with Crippen LogP contribution in [0.4, 0.5) is 22.7 Å². The van der Waals surface area contributed by atoms with Crippen LogP contribution >= 0.6 is 11.6 Å². The summed E-state index contributed by atoms with van der Waals surface area (Å²) in [6.07, 6.45) is 3.54. The lowest BCUT2D eigenvalue weighted by Crippen LogP contribution is -2.33. The van der Waals surface area contributed by atoms with E-state index in [0.717, 1.165) is 37.4 Å². The molecule has 2 aromatic heterocycles. The Morgan fingerprint density at radius 3 is 2.58 bits per heavy atom. The van der Waals surface area contributed by atoms with Crippen molar-refractivity contribution in [2.75, 3.05) is 22.9 Å². The molecule has 0 N–H and O–H groups in total. The van der Waals surface area contributed by atoms with Gasteiger partial charge < -0.3 is 14.2 Å². The average Bonchev–Trinajstić information content (AvgIpc) is 3.50. The Morgan fingerprint density at radius 1 is 1.18 bits per heavy atom. The van der Waals surface area contributed by atoms with Gasteiger partial charge in [0.25, 0.3) is 0 Å². The summed E-state index contributed by atoms with van der Waals surface area (Å²) in [6.45, 7) is 4.05. The Bertz CT molecular complexity index is 1260. The molecule has 1 aliphatic heterocycles. The number of fused-ring (bicyclic) bond motifs is 1. The quantitative estimate of drug-likeness (QED) is 0.253. The number of nitrogens with zero attached hydrogens (tertiary/aromatic N) is 5. The summed E-state index contributed by atoms with van der Waals surface area (Å²) in [6, 6.07) is 12.9. The van der Waals surface area contributed by atoms with Crippen molar-refractivity contribution < 1.29 is 14.0 Å². The molecule has 0 radical (unpaired) electrons. The third-order valence-electron chi connectivity index (χ3n) is 6.10. The van der Waals surface area contributed by atoms with Crippen molar-refractivity contribution in [1.29, 1.82) is 0 Å². The van der Waals surface area contributed by atoms with Crippen molar-refractivity contribution in [1.82, 2.24) is 10.3 Å². The van der Waals surface area contributed by atoms with Gasteiger partial charge in [0.15, 0.2) is 5.52 Å². The fraction of sp³-hybridized carbons (Fsp3) is 0.304. The molecule has 0 aliphatic carbocycles. The zero-order chi connectivity index (χ0) is 22.9. The standard InChI is InChI=1S/C23H22ClN5O4/c1-15-8-10-27(11-9-15)20-13-19(21-22(26-33-25-21)23(20)29(30)31)28(14-18-3-2-12-32-18)17-6-4-16(24)5-7-17/h2-7,12-13,15H,8-11,14H2,1H3. The maximum atomic E-state index is 12.1. The minimum Gasteiger partial charge on any atom is -0.467 e. The zero-order valence-corrected chi connectivity index (χ0v) is 18.7. The van der Waals surface area contributed by atoms with E-state index < -0.39 is 4.92 Å². The van der Waals surface area contributed by atoms with Gasteiger partial charge in [-0.25, -0.2) is 4.63 Å². The molecule has 1 fully saturated rings. The summed E-state index contributed by atoms with van der Waals surface area (Å²) in [5.41, 5.74) is 2.35. The lowest BCUT2D eigenvalue weighted by Gasteiger charge is -2.33. The molecule has 9 nitrogen and oxygen atoms in total. The molecule has 0 atom stereocenters. The van der Waals surface area contributed by atoms with Crippen LogP contribution in [0.15, 0.2) is 57.8 Å². The Balaban J connectivity index is 1.70. The minimum absolute atomic E-state index is 0.0846. The van der Waals surface area contributed by atoms with Crippen LogP contribution in [-0.2, 0) is 6.54 Å². The lowest BCUT2D eigenvalue weighted by atomic mass is 9.98. The first kappa shape index (κ1) is 21.3. The highest BCUT2D eigenvalue weighted by molar-refractivity contribution is 6.30. The molecule has 1 saturated heterocycles. The molecule has 33 heavy (non-hydrogen) atoms. The zero-order valence-electron chi connectivity index (χ0n) is 18.0. The predicted molar refractivity (Wildman–Crippen MR) is 125 cm³/mol. The van der Waals surface area contributed by atoms with Gasteiger partial charge in [0.1, 0.15) is 11.4 Å². The van der Waals surface area contributed by atoms with Crippen LogP contribution in [0, 0.1) is 16.0 Å². The van der Waals surface area contributed by atoms with E-state index in [1.54, 1.807) is 18.4 Å². The van der Waals surface area contributed by atoms with Crippen LogP contribution in [-0.4, -0.2) is 28.3 Å². The Kier molecular flexibility index (Phi) is 5.63. The highest BCUT2D eigenvalue weighted by Crippen LogP contribution is 2.43. The first-order chi connectivity index (χ1) is 16.0. The van der Waals surface area contributed by atoms with Crippen molar-refractivity contribution in [3.63, 3.8) is 0 Å². The molecular weight excluding hydrogens is 446 g/mol. The maximum absolute atomic E-state index is 12.1. The third kappa shape index (κ3) is 4.11. The van der Waals surface area contributed by atoms with Crippen LogP contribution in [0.2, 0.25) is 5.02 Å². The van der Waals surface area contributed by atoms with Crippen molar-refractivity contribution in [2.24, 2.45) is 5.92 Å². The van der Waals surface area contributed by atoms with Gasteiger partial charge in [0, 0.05) is 23.8 Å². The average molecular weight is 468 g/mol. The monoisotopic (exact) mass is 467 g/mol. The van der Waals surface area contributed by atoms with E-state index in [2.05, 4.69) is 22.1 Å². The van der Waals surface area contributed by atoms with Crippen LogP contribution in [0.3, 0.4) is 0 Å². The normalized spacial score (nSPS) is 14.7. The summed E-state index contributed by atoms with van der Waals surface area (Å²) in [7, 11) is 0. The molecule has 4 aromatic rings. The molecule has 2 aromatic carbocycles. The number of piperidine rings is 1. The second-order valence-electron chi connectivity index (χ2n) is 8.29. The second kappa shape index (κ2) is 8.74. The number of nitro benzene ring substituents is 1. The Morgan fingerprint density at radius 2 is 1.91 bits per heavy atom. The highest BCUT2D eigenvalue weighted by atomic mass is 35.5. The summed E-state index contributed by atoms with van der Waals surface area (Å²) in [5.74, 6) is 1.31. The fourth-order valence-electron chi connectivity index (χ4n) is 4.27. The molecule has 0 spiro atoms. The van der Waals surface area contributed by atoms with Crippen molar-refractivity contribution >= 4 is 45.4 Å². The van der Waals surface area contributed by atoms with Gasteiger partial charge in [-0.2, -0.15) is 0 Å².